The fourth-order valence-corrected chi connectivity index (χ4v) is 9.70. The minimum atomic E-state index is -2.78. The van der Waals surface area contributed by atoms with Crippen LogP contribution in [0.4, 0.5) is 0 Å². The van der Waals surface area contributed by atoms with Gasteiger partial charge in [0.05, 0.1) is 16.8 Å². The summed E-state index contributed by atoms with van der Waals surface area (Å²) < 4.78 is 7.28. The van der Waals surface area contributed by atoms with Crippen molar-refractivity contribution < 1.29 is 9.22 Å². The molecule has 0 aliphatic heterocycles. The first-order chi connectivity index (χ1) is 15.2. The summed E-state index contributed by atoms with van der Waals surface area (Å²) in [5.74, 6) is -0.285. The van der Waals surface area contributed by atoms with E-state index in [1.165, 1.54) is 10.4 Å². The Hall–Kier alpha value is -2.34. The predicted octanol–water partition coefficient (Wildman–Crippen LogP) is 5.64. The van der Waals surface area contributed by atoms with E-state index in [-0.39, 0.29) is 17.1 Å². The number of rotatable bonds is 8. The molecule has 5 heteroatoms. The molecule has 0 bridgehead atoms. The van der Waals surface area contributed by atoms with E-state index in [1.54, 1.807) is 11.3 Å². The average Bonchev–Trinajstić information content (AvgIpc) is 3.18. The fourth-order valence-electron chi connectivity index (χ4n) is 4.33. The van der Waals surface area contributed by atoms with Crippen LogP contribution in [-0.2, 0) is 9.22 Å². The molecule has 0 N–H and O–H groups in total. The molecule has 3 aromatic rings. The molecule has 2 atom stereocenters. The first kappa shape index (κ1) is 24.3. The quantitative estimate of drug-likeness (QED) is 0.321. The lowest BCUT2D eigenvalue weighted by atomic mass is 9.99. The van der Waals surface area contributed by atoms with Gasteiger partial charge in [0, 0.05) is 11.3 Å². The summed E-state index contributed by atoms with van der Waals surface area (Å²) >= 11 is 1.63. The second-order valence-electron chi connectivity index (χ2n) is 9.38. The minimum Gasteiger partial charge on any atom is -0.400 e. The Kier molecular flexibility index (Phi) is 7.65. The zero-order chi connectivity index (χ0) is 23.4. The van der Waals surface area contributed by atoms with Crippen molar-refractivity contribution in [3.63, 3.8) is 0 Å². The summed E-state index contributed by atoms with van der Waals surface area (Å²) in [6.45, 7) is 12.8. The predicted molar refractivity (Wildman–Crippen MR) is 138 cm³/mol. The molecule has 0 saturated carbocycles. The monoisotopic (exact) mass is 463 g/mol. The van der Waals surface area contributed by atoms with Crippen molar-refractivity contribution in [1.82, 2.24) is 4.98 Å². The molecule has 1 heterocycles. The number of hydrogen-bond donors (Lipinski definition) is 0. The van der Waals surface area contributed by atoms with Crippen molar-refractivity contribution in [2.24, 2.45) is 5.92 Å². The molecule has 0 amide bonds. The molecule has 0 aliphatic rings. The lowest BCUT2D eigenvalue weighted by Crippen LogP contribution is -2.68. The van der Waals surface area contributed by atoms with Crippen molar-refractivity contribution >= 4 is 42.4 Å². The van der Waals surface area contributed by atoms with Gasteiger partial charge in [-0.3, -0.25) is 0 Å². The van der Waals surface area contributed by atoms with Crippen molar-refractivity contribution in [2.45, 2.75) is 52.7 Å². The summed E-state index contributed by atoms with van der Waals surface area (Å²) in [5.41, 5.74) is 1.93. The molecule has 0 radical (unpaired) electrons. The summed E-state index contributed by atoms with van der Waals surface area (Å²) in [5, 5.41) is 5.33. The van der Waals surface area contributed by atoms with Gasteiger partial charge in [0.1, 0.15) is 6.29 Å². The second kappa shape index (κ2) is 10.1. The van der Waals surface area contributed by atoms with Crippen LogP contribution in [0.15, 0.2) is 71.6 Å². The van der Waals surface area contributed by atoms with E-state index in [1.807, 2.05) is 31.4 Å². The Morgan fingerprint density at radius 3 is 1.97 bits per heavy atom. The van der Waals surface area contributed by atoms with E-state index in [4.69, 9.17) is 4.43 Å². The third-order valence-corrected chi connectivity index (χ3v) is 11.7. The first-order valence-electron chi connectivity index (χ1n) is 11.0. The minimum absolute atomic E-state index is 0.159. The molecule has 0 unspecified atom stereocenters. The molecular weight excluding hydrogens is 430 g/mol. The van der Waals surface area contributed by atoms with Gasteiger partial charge in [-0.05, 0) is 40.9 Å². The van der Waals surface area contributed by atoms with Crippen molar-refractivity contribution in [3.05, 3.63) is 82.3 Å². The van der Waals surface area contributed by atoms with E-state index in [2.05, 4.69) is 87.3 Å². The van der Waals surface area contributed by atoms with E-state index < -0.39 is 8.32 Å². The van der Waals surface area contributed by atoms with Crippen LogP contribution in [0.2, 0.25) is 5.04 Å². The number of aryl methyl sites for hydroxylation is 1. The molecule has 3 nitrogen and oxygen atoms in total. The van der Waals surface area contributed by atoms with Crippen LogP contribution in [0.1, 0.15) is 45.3 Å². The van der Waals surface area contributed by atoms with Gasteiger partial charge in [-0.15, -0.1) is 11.3 Å². The summed E-state index contributed by atoms with van der Waals surface area (Å²) in [4.78, 5) is 16.6. The maximum absolute atomic E-state index is 12.0. The highest BCUT2D eigenvalue weighted by atomic mass is 32.1. The smallest absolute Gasteiger partial charge is 0.261 e. The van der Waals surface area contributed by atoms with Crippen molar-refractivity contribution in [3.8, 4) is 0 Å². The molecule has 0 spiro atoms. The molecule has 3 rings (SSSR count). The summed E-state index contributed by atoms with van der Waals surface area (Å²) in [6.07, 6.45) is 2.72. The van der Waals surface area contributed by atoms with Gasteiger partial charge >= 0.3 is 0 Å². The molecule has 0 aliphatic carbocycles. The molecular formula is C27H33NO2SSi. The highest BCUT2D eigenvalue weighted by molar-refractivity contribution is 7.09. The Bertz CT molecular complexity index is 1010. The van der Waals surface area contributed by atoms with E-state index in [9.17, 15) is 4.79 Å². The zero-order valence-electron chi connectivity index (χ0n) is 19.8. The Labute approximate surface area is 197 Å². The number of aromatic nitrogens is 1. The van der Waals surface area contributed by atoms with Gasteiger partial charge in [-0.1, -0.05) is 88.4 Å². The number of nitrogens with zero attached hydrogens (tertiary/aromatic N) is 1. The largest absolute Gasteiger partial charge is 0.400 e. The van der Waals surface area contributed by atoms with Gasteiger partial charge in [0.25, 0.3) is 8.32 Å². The average molecular weight is 464 g/mol. The Morgan fingerprint density at radius 2 is 1.56 bits per heavy atom. The van der Waals surface area contributed by atoms with E-state index >= 15 is 0 Å². The number of carbonyl (C=O) groups is 1. The van der Waals surface area contributed by atoms with Crippen LogP contribution in [-0.4, -0.2) is 25.7 Å². The van der Waals surface area contributed by atoms with Gasteiger partial charge < -0.3 is 9.22 Å². The molecule has 2 aromatic carbocycles. The number of carbonyl (C=O) groups excluding carboxylic acids is 1. The van der Waals surface area contributed by atoms with E-state index in [0.717, 1.165) is 22.6 Å². The molecule has 0 fully saturated rings. The normalized spacial score (nSPS) is 14.8. The van der Waals surface area contributed by atoms with Crippen molar-refractivity contribution in [1.29, 1.82) is 0 Å². The first-order valence-corrected chi connectivity index (χ1v) is 13.8. The lowest BCUT2D eigenvalue weighted by molar-refractivity contribution is -0.112. The van der Waals surface area contributed by atoms with Crippen LogP contribution in [0.25, 0.3) is 6.08 Å². The number of benzene rings is 2. The SMILES string of the molecule is C/C(=C\c1csc(C)n1)[C@@H](O[Si](c1ccccc1)(c1ccccc1)C(C)(C)C)[C@@H](C)C=O. The topological polar surface area (TPSA) is 39.2 Å². The third kappa shape index (κ3) is 5.01. The summed E-state index contributed by atoms with van der Waals surface area (Å²) in [6, 6.07) is 21.1. The van der Waals surface area contributed by atoms with Crippen LogP contribution < -0.4 is 10.4 Å². The highest BCUT2D eigenvalue weighted by Crippen LogP contribution is 2.39. The maximum Gasteiger partial charge on any atom is 0.261 e. The Balaban J connectivity index is 2.20. The van der Waals surface area contributed by atoms with Crippen molar-refractivity contribution in [2.75, 3.05) is 0 Å². The second-order valence-corrected chi connectivity index (χ2v) is 14.7. The van der Waals surface area contributed by atoms with Gasteiger partial charge in [-0.25, -0.2) is 4.98 Å². The van der Waals surface area contributed by atoms with Crippen LogP contribution in [0, 0.1) is 12.8 Å². The lowest BCUT2D eigenvalue weighted by Gasteiger charge is -2.46. The highest BCUT2D eigenvalue weighted by Gasteiger charge is 2.52. The molecule has 1 aromatic heterocycles. The number of aldehydes is 1. The zero-order valence-corrected chi connectivity index (χ0v) is 21.6. The molecule has 168 valence electrons. The van der Waals surface area contributed by atoms with E-state index in [0.29, 0.717) is 0 Å². The summed E-state index contributed by atoms with van der Waals surface area (Å²) in [7, 11) is -2.78. The number of hydrogen-bond acceptors (Lipinski definition) is 4. The standard InChI is InChI=1S/C27H33NO2SSi/c1-20(17-23-19-31-22(3)28-23)26(21(2)18-29)30-32(27(4,5)6,24-13-9-7-10-14-24)25-15-11-8-12-16-25/h7-19,21,26H,1-6H3/b20-17+/t21-,26+/m0/s1. The Morgan fingerprint density at radius 1 is 1.03 bits per heavy atom. The molecule has 32 heavy (non-hydrogen) atoms. The van der Waals surface area contributed by atoms with Gasteiger partial charge in [0.15, 0.2) is 0 Å². The van der Waals surface area contributed by atoms with Crippen LogP contribution in [0.5, 0.6) is 0 Å². The fraction of sp³-hybridized carbons (Fsp3) is 0.333. The number of thiazole rings is 1. The van der Waals surface area contributed by atoms with Gasteiger partial charge in [0.2, 0.25) is 0 Å². The third-order valence-electron chi connectivity index (χ3n) is 5.87. The van der Waals surface area contributed by atoms with Gasteiger partial charge in [-0.2, -0.15) is 0 Å². The van der Waals surface area contributed by atoms with Crippen LogP contribution in [0.3, 0.4) is 0 Å². The maximum atomic E-state index is 12.0. The molecule has 0 saturated heterocycles. The van der Waals surface area contributed by atoms with Crippen LogP contribution >= 0.6 is 11.3 Å².